The van der Waals surface area contributed by atoms with E-state index in [2.05, 4.69) is 0 Å². The van der Waals surface area contributed by atoms with Crippen LogP contribution in [0.5, 0.6) is 0 Å². The lowest BCUT2D eigenvalue weighted by Gasteiger charge is -2.19. The molecule has 5 nitrogen and oxygen atoms in total. The molecule has 2 heterocycles. The van der Waals surface area contributed by atoms with E-state index in [9.17, 15) is 9.59 Å². The Morgan fingerprint density at radius 2 is 2.15 bits per heavy atom. The minimum absolute atomic E-state index is 0.0251. The van der Waals surface area contributed by atoms with Crippen LogP contribution in [-0.2, 0) is 9.59 Å². The first-order valence-corrected chi connectivity index (χ1v) is 7.59. The van der Waals surface area contributed by atoms with Gasteiger partial charge in [0.2, 0.25) is 11.8 Å². The predicted octanol–water partition coefficient (Wildman–Crippen LogP) is 0.781. The molecule has 1 aliphatic rings. The van der Waals surface area contributed by atoms with Crippen LogP contribution in [-0.4, -0.2) is 54.3 Å². The third-order valence-electron chi connectivity index (χ3n) is 3.24. The molecule has 1 aromatic heterocycles. The molecular formula is C14H19N3O2S. The molecule has 1 saturated heterocycles. The van der Waals surface area contributed by atoms with Crippen LogP contribution in [0.15, 0.2) is 22.9 Å². The van der Waals surface area contributed by atoms with Gasteiger partial charge in [-0.05, 0) is 34.9 Å². The molecule has 20 heavy (non-hydrogen) atoms. The van der Waals surface area contributed by atoms with E-state index in [1.54, 1.807) is 17.4 Å². The topological polar surface area (TPSA) is 66.6 Å². The van der Waals surface area contributed by atoms with Gasteiger partial charge in [0.25, 0.3) is 0 Å². The number of hydrogen-bond donors (Lipinski definition) is 1. The number of nitrogens with zero attached hydrogens (tertiary/aromatic N) is 2. The first kappa shape index (κ1) is 14.7. The highest BCUT2D eigenvalue weighted by atomic mass is 32.1. The van der Waals surface area contributed by atoms with Crippen LogP contribution in [0.4, 0.5) is 0 Å². The third-order valence-corrected chi connectivity index (χ3v) is 3.94. The van der Waals surface area contributed by atoms with Crippen LogP contribution in [0.25, 0.3) is 6.08 Å². The van der Waals surface area contributed by atoms with Crippen molar-refractivity contribution in [1.82, 2.24) is 9.80 Å². The lowest BCUT2D eigenvalue weighted by Crippen LogP contribution is -2.37. The second-order valence-electron chi connectivity index (χ2n) is 4.81. The summed E-state index contributed by atoms with van der Waals surface area (Å²) in [6.45, 7) is 3.14. The van der Waals surface area contributed by atoms with Gasteiger partial charge in [0.1, 0.15) is 0 Å². The zero-order valence-corrected chi connectivity index (χ0v) is 12.1. The summed E-state index contributed by atoms with van der Waals surface area (Å²) in [6.07, 6.45) is 4.32. The molecule has 1 aliphatic heterocycles. The SMILES string of the molecule is NC(=O)CN1CCCN(C(=O)C=Cc2ccsc2)CC1. The van der Waals surface area contributed by atoms with E-state index in [-0.39, 0.29) is 18.4 Å². The fourth-order valence-corrected chi connectivity index (χ4v) is 2.84. The van der Waals surface area contributed by atoms with E-state index in [1.807, 2.05) is 32.7 Å². The summed E-state index contributed by atoms with van der Waals surface area (Å²) in [7, 11) is 0. The van der Waals surface area contributed by atoms with Gasteiger partial charge in [-0.2, -0.15) is 11.3 Å². The maximum absolute atomic E-state index is 12.1. The van der Waals surface area contributed by atoms with Gasteiger partial charge in [-0.3, -0.25) is 14.5 Å². The Labute approximate surface area is 122 Å². The number of hydrogen-bond acceptors (Lipinski definition) is 4. The lowest BCUT2D eigenvalue weighted by atomic mass is 10.3. The average Bonchev–Trinajstić information content (AvgIpc) is 2.82. The van der Waals surface area contributed by atoms with Crippen LogP contribution in [0.1, 0.15) is 12.0 Å². The fourth-order valence-electron chi connectivity index (χ4n) is 2.21. The van der Waals surface area contributed by atoms with E-state index in [1.165, 1.54) is 0 Å². The number of carbonyl (C=O) groups excluding carboxylic acids is 2. The van der Waals surface area contributed by atoms with Crippen LogP contribution < -0.4 is 5.73 Å². The van der Waals surface area contributed by atoms with Gasteiger partial charge in [-0.1, -0.05) is 0 Å². The molecule has 0 bridgehead atoms. The minimum Gasteiger partial charge on any atom is -0.369 e. The van der Waals surface area contributed by atoms with Crippen molar-refractivity contribution in [3.8, 4) is 0 Å². The highest BCUT2D eigenvalue weighted by molar-refractivity contribution is 7.08. The third kappa shape index (κ3) is 4.47. The van der Waals surface area contributed by atoms with Crippen LogP contribution >= 0.6 is 11.3 Å². The highest BCUT2D eigenvalue weighted by Gasteiger charge is 2.18. The van der Waals surface area contributed by atoms with Gasteiger partial charge in [0, 0.05) is 32.3 Å². The molecule has 0 saturated carbocycles. The average molecular weight is 293 g/mol. The molecule has 108 valence electrons. The molecule has 0 spiro atoms. The van der Waals surface area contributed by atoms with E-state index >= 15 is 0 Å². The first-order chi connectivity index (χ1) is 9.65. The number of nitrogens with two attached hydrogens (primary N) is 1. The Hall–Kier alpha value is -1.66. The lowest BCUT2D eigenvalue weighted by molar-refractivity contribution is -0.125. The maximum atomic E-state index is 12.1. The summed E-state index contributed by atoms with van der Waals surface area (Å²) in [4.78, 5) is 26.8. The molecule has 0 atom stereocenters. The number of carbonyl (C=O) groups is 2. The van der Waals surface area contributed by atoms with Crippen molar-refractivity contribution in [2.24, 2.45) is 5.73 Å². The van der Waals surface area contributed by atoms with E-state index in [4.69, 9.17) is 5.73 Å². The number of amides is 2. The van der Waals surface area contributed by atoms with E-state index < -0.39 is 0 Å². The van der Waals surface area contributed by atoms with Gasteiger partial charge < -0.3 is 10.6 Å². The van der Waals surface area contributed by atoms with Crippen molar-refractivity contribution in [2.75, 3.05) is 32.7 Å². The van der Waals surface area contributed by atoms with Gasteiger partial charge in [-0.15, -0.1) is 0 Å². The quantitative estimate of drug-likeness (QED) is 0.834. The minimum atomic E-state index is -0.317. The summed E-state index contributed by atoms with van der Waals surface area (Å²) in [5.41, 5.74) is 6.25. The summed E-state index contributed by atoms with van der Waals surface area (Å²) < 4.78 is 0. The standard InChI is InChI=1S/C14H19N3O2S/c15-13(18)10-16-5-1-6-17(8-7-16)14(19)3-2-12-4-9-20-11-12/h2-4,9,11H,1,5-8,10H2,(H2,15,18). The van der Waals surface area contributed by atoms with E-state index in [0.717, 1.165) is 25.1 Å². The van der Waals surface area contributed by atoms with Gasteiger partial charge in [0.05, 0.1) is 6.54 Å². The predicted molar refractivity (Wildman–Crippen MR) is 80.2 cm³/mol. The van der Waals surface area contributed by atoms with Crippen LogP contribution in [0.2, 0.25) is 0 Å². The molecule has 2 amide bonds. The fraction of sp³-hybridized carbons (Fsp3) is 0.429. The van der Waals surface area contributed by atoms with Crippen molar-refractivity contribution in [1.29, 1.82) is 0 Å². The number of primary amides is 1. The van der Waals surface area contributed by atoms with Crippen LogP contribution in [0.3, 0.4) is 0 Å². The summed E-state index contributed by atoms with van der Waals surface area (Å²) >= 11 is 1.61. The smallest absolute Gasteiger partial charge is 0.246 e. The normalized spacial score (nSPS) is 17.3. The molecule has 1 fully saturated rings. The molecule has 0 aliphatic carbocycles. The first-order valence-electron chi connectivity index (χ1n) is 6.65. The van der Waals surface area contributed by atoms with Crippen molar-refractivity contribution in [2.45, 2.75) is 6.42 Å². The number of rotatable bonds is 4. The number of thiophene rings is 1. The van der Waals surface area contributed by atoms with Gasteiger partial charge in [-0.25, -0.2) is 0 Å². The monoisotopic (exact) mass is 293 g/mol. The second-order valence-corrected chi connectivity index (χ2v) is 5.59. The van der Waals surface area contributed by atoms with Crippen molar-refractivity contribution >= 4 is 29.2 Å². The van der Waals surface area contributed by atoms with Crippen molar-refractivity contribution < 1.29 is 9.59 Å². The van der Waals surface area contributed by atoms with Crippen molar-refractivity contribution in [3.63, 3.8) is 0 Å². The van der Waals surface area contributed by atoms with Gasteiger partial charge >= 0.3 is 0 Å². The highest BCUT2D eigenvalue weighted by Crippen LogP contribution is 2.09. The van der Waals surface area contributed by atoms with Gasteiger partial charge in [0.15, 0.2) is 0 Å². The molecular weight excluding hydrogens is 274 g/mol. The Morgan fingerprint density at radius 3 is 2.85 bits per heavy atom. The zero-order chi connectivity index (χ0) is 14.4. The molecule has 0 unspecified atom stereocenters. The second kappa shape index (κ2) is 7.21. The Morgan fingerprint density at radius 1 is 1.30 bits per heavy atom. The molecule has 0 radical (unpaired) electrons. The molecule has 2 N–H and O–H groups in total. The zero-order valence-electron chi connectivity index (χ0n) is 11.3. The summed E-state index contributed by atoms with van der Waals surface area (Å²) in [5.74, 6) is -0.292. The molecule has 2 rings (SSSR count). The van der Waals surface area contributed by atoms with Crippen molar-refractivity contribution in [3.05, 3.63) is 28.5 Å². The molecule has 1 aromatic rings. The van der Waals surface area contributed by atoms with E-state index in [0.29, 0.717) is 13.1 Å². The maximum Gasteiger partial charge on any atom is 0.246 e. The Kier molecular flexibility index (Phi) is 5.31. The Bertz CT molecular complexity index is 485. The van der Waals surface area contributed by atoms with Crippen LogP contribution in [0, 0.1) is 0 Å². The Balaban J connectivity index is 1.86. The summed E-state index contributed by atoms with van der Waals surface area (Å²) in [6, 6.07) is 1.98. The molecule has 0 aromatic carbocycles. The molecule has 6 heteroatoms. The summed E-state index contributed by atoms with van der Waals surface area (Å²) in [5, 5.41) is 3.98. The largest absolute Gasteiger partial charge is 0.369 e.